The van der Waals surface area contributed by atoms with Gasteiger partial charge < -0.3 is 19.2 Å². The van der Waals surface area contributed by atoms with Gasteiger partial charge in [-0.15, -0.1) is 0 Å². The van der Waals surface area contributed by atoms with E-state index in [0.717, 1.165) is 37.2 Å². The number of carbonyl (C=O) groups excluding carboxylic acids is 2. The summed E-state index contributed by atoms with van der Waals surface area (Å²) in [7, 11) is 1.42. The van der Waals surface area contributed by atoms with Crippen molar-refractivity contribution in [1.29, 1.82) is 0 Å². The standard InChI is InChI=1S/C29H38N2O5/c1-34-26(32)14-11-20-9-5-6-10-21(20)17-22-24-12-13-25(36-24)27(22)29-31-23(18-35-29)28(33)30-16-15-19-7-3-2-4-8-19/h5-6,9-10,18-19,22,24-25,27H,2-4,7-8,11-17H2,1H3,(H,30,33)/t22-,24-,25+,27-/m0/s1. The molecule has 2 aliphatic heterocycles. The van der Waals surface area contributed by atoms with Crippen LogP contribution in [-0.2, 0) is 27.1 Å². The summed E-state index contributed by atoms with van der Waals surface area (Å²) in [5.74, 6) is 1.24. The molecule has 1 aromatic heterocycles. The van der Waals surface area contributed by atoms with Gasteiger partial charge >= 0.3 is 5.97 Å². The number of carbonyl (C=O) groups is 2. The number of hydrogen-bond donors (Lipinski definition) is 1. The first-order valence-corrected chi connectivity index (χ1v) is 13.6. The minimum Gasteiger partial charge on any atom is -0.469 e. The highest BCUT2D eigenvalue weighted by Gasteiger charge is 2.51. The second kappa shape index (κ2) is 11.6. The Kier molecular flexibility index (Phi) is 8.05. The van der Waals surface area contributed by atoms with Crippen LogP contribution < -0.4 is 5.32 Å². The number of ether oxygens (including phenoxy) is 2. The van der Waals surface area contributed by atoms with Gasteiger partial charge in [0.25, 0.3) is 5.91 Å². The maximum Gasteiger partial charge on any atom is 0.305 e. The second-order valence-electron chi connectivity index (χ2n) is 10.6. The number of benzene rings is 1. The summed E-state index contributed by atoms with van der Waals surface area (Å²) in [4.78, 5) is 29.1. The molecule has 1 aromatic carbocycles. The summed E-state index contributed by atoms with van der Waals surface area (Å²) in [6, 6.07) is 8.28. The maximum absolute atomic E-state index is 12.7. The van der Waals surface area contributed by atoms with Crippen LogP contribution in [0.15, 0.2) is 34.9 Å². The fourth-order valence-electron chi connectivity index (χ4n) is 6.47. The number of fused-ring (bicyclic) bond motifs is 2. The third-order valence-electron chi connectivity index (χ3n) is 8.43. The van der Waals surface area contributed by atoms with Crippen LogP contribution in [-0.4, -0.2) is 42.7 Å². The average Bonchev–Trinajstić information content (AvgIpc) is 3.65. The topological polar surface area (TPSA) is 90.7 Å². The first kappa shape index (κ1) is 25.0. The molecule has 2 saturated heterocycles. The minimum absolute atomic E-state index is 0.0289. The van der Waals surface area contributed by atoms with E-state index in [2.05, 4.69) is 22.4 Å². The van der Waals surface area contributed by atoms with Crippen molar-refractivity contribution in [3.8, 4) is 0 Å². The fraction of sp³-hybridized carbons (Fsp3) is 0.621. The number of aryl methyl sites for hydroxylation is 1. The molecule has 1 saturated carbocycles. The lowest BCUT2D eigenvalue weighted by molar-refractivity contribution is -0.140. The summed E-state index contributed by atoms with van der Waals surface area (Å²) < 4.78 is 17.0. The van der Waals surface area contributed by atoms with Crippen LogP contribution in [0, 0.1) is 11.8 Å². The van der Waals surface area contributed by atoms with E-state index in [1.54, 1.807) is 0 Å². The van der Waals surface area contributed by atoms with Gasteiger partial charge in [-0.2, -0.15) is 0 Å². The third-order valence-corrected chi connectivity index (χ3v) is 8.43. The molecule has 3 heterocycles. The largest absolute Gasteiger partial charge is 0.469 e. The maximum atomic E-state index is 12.7. The van der Waals surface area contributed by atoms with E-state index in [1.165, 1.54) is 51.0 Å². The number of oxazole rings is 1. The van der Waals surface area contributed by atoms with Gasteiger partial charge in [-0.1, -0.05) is 56.4 Å². The van der Waals surface area contributed by atoms with E-state index in [9.17, 15) is 9.59 Å². The van der Waals surface area contributed by atoms with Gasteiger partial charge in [-0.25, -0.2) is 4.98 Å². The lowest BCUT2D eigenvalue weighted by Crippen LogP contribution is -2.29. The Hall–Kier alpha value is -2.67. The zero-order chi connectivity index (χ0) is 24.9. The van der Waals surface area contributed by atoms with E-state index in [0.29, 0.717) is 31.0 Å². The van der Waals surface area contributed by atoms with Crippen molar-refractivity contribution >= 4 is 11.9 Å². The lowest BCUT2D eigenvalue weighted by atomic mass is 9.75. The molecule has 5 rings (SSSR count). The Morgan fingerprint density at radius 2 is 1.83 bits per heavy atom. The Morgan fingerprint density at radius 3 is 2.64 bits per heavy atom. The number of aromatic nitrogens is 1. The van der Waals surface area contributed by atoms with Crippen molar-refractivity contribution in [2.75, 3.05) is 13.7 Å². The molecule has 3 aliphatic rings. The van der Waals surface area contributed by atoms with E-state index in [4.69, 9.17) is 13.9 Å². The Balaban J connectivity index is 1.23. The van der Waals surface area contributed by atoms with Gasteiger partial charge in [-0.3, -0.25) is 9.59 Å². The molecule has 7 heteroatoms. The summed E-state index contributed by atoms with van der Waals surface area (Å²) >= 11 is 0. The lowest BCUT2D eigenvalue weighted by Gasteiger charge is -2.26. The summed E-state index contributed by atoms with van der Waals surface area (Å²) in [5.41, 5.74) is 2.74. The molecule has 1 amide bonds. The number of esters is 1. The first-order valence-electron chi connectivity index (χ1n) is 13.6. The van der Waals surface area contributed by atoms with Crippen molar-refractivity contribution in [3.05, 3.63) is 53.2 Å². The van der Waals surface area contributed by atoms with Crippen LogP contribution in [0.1, 0.15) is 91.2 Å². The van der Waals surface area contributed by atoms with Crippen molar-refractivity contribution < 1.29 is 23.5 Å². The Bertz CT molecular complexity index is 1040. The first-order chi connectivity index (χ1) is 17.6. The predicted octanol–water partition coefficient (Wildman–Crippen LogP) is 4.98. The molecule has 194 valence electrons. The number of nitrogens with zero attached hydrogens (tertiary/aromatic N) is 1. The molecule has 1 N–H and O–H groups in total. The van der Waals surface area contributed by atoms with Crippen molar-refractivity contribution in [2.24, 2.45) is 11.8 Å². The van der Waals surface area contributed by atoms with Crippen molar-refractivity contribution in [3.63, 3.8) is 0 Å². The number of nitrogens with one attached hydrogen (secondary N) is 1. The van der Waals surface area contributed by atoms with Crippen LogP contribution in [0.25, 0.3) is 0 Å². The fourth-order valence-corrected chi connectivity index (χ4v) is 6.47. The highest BCUT2D eigenvalue weighted by atomic mass is 16.5. The Morgan fingerprint density at radius 1 is 1.06 bits per heavy atom. The summed E-state index contributed by atoms with van der Waals surface area (Å²) in [6.07, 6.45) is 13.2. The zero-order valence-corrected chi connectivity index (χ0v) is 21.2. The van der Waals surface area contributed by atoms with Gasteiger partial charge in [0.1, 0.15) is 6.26 Å². The number of rotatable bonds is 10. The van der Waals surface area contributed by atoms with Gasteiger partial charge in [0.05, 0.1) is 25.2 Å². The van der Waals surface area contributed by atoms with Gasteiger partial charge in [0.2, 0.25) is 5.89 Å². The number of hydrogen-bond acceptors (Lipinski definition) is 6. The summed E-state index contributed by atoms with van der Waals surface area (Å²) in [6.45, 7) is 0.688. The van der Waals surface area contributed by atoms with Gasteiger partial charge in [0, 0.05) is 18.9 Å². The smallest absolute Gasteiger partial charge is 0.305 e. The molecule has 36 heavy (non-hydrogen) atoms. The number of amides is 1. The monoisotopic (exact) mass is 494 g/mol. The summed E-state index contributed by atoms with van der Waals surface area (Å²) in [5, 5.41) is 3.04. The molecule has 2 aromatic rings. The average molecular weight is 495 g/mol. The third kappa shape index (κ3) is 5.66. The van der Waals surface area contributed by atoms with Crippen LogP contribution >= 0.6 is 0 Å². The molecule has 7 nitrogen and oxygen atoms in total. The minimum atomic E-state index is -0.199. The van der Waals surface area contributed by atoms with E-state index < -0.39 is 0 Å². The van der Waals surface area contributed by atoms with Crippen LogP contribution in [0.5, 0.6) is 0 Å². The molecule has 0 spiro atoms. The molecule has 1 aliphatic carbocycles. The van der Waals surface area contributed by atoms with Gasteiger partial charge in [0.15, 0.2) is 5.69 Å². The molecule has 4 atom stereocenters. The van der Waals surface area contributed by atoms with E-state index in [-0.39, 0.29) is 35.9 Å². The molecule has 0 unspecified atom stereocenters. The normalized spacial score (nSPS) is 25.7. The molecular formula is C29H38N2O5. The molecule has 3 fully saturated rings. The molecule has 2 bridgehead atoms. The predicted molar refractivity (Wildman–Crippen MR) is 135 cm³/mol. The highest BCUT2D eigenvalue weighted by Crippen LogP contribution is 2.50. The second-order valence-corrected chi connectivity index (χ2v) is 10.6. The zero-order valence-electron chi connectivity index (χ0n) is 21.2. The van der Waals surface area contributed by atoms with Gasteiger partial charge in [-0.05, 0) is 49.1 Å². The van der Waals surface area contributed by atoms with Crippen LogP contribution in [0.3, 0.4) is 0 Å². The highest BCUT2D eigenvalue weighted by molar-refractivity contribution is 5.91. The van der Waals surface area contributed by atoms with Crippen molar-refractivity contribution in [2.45, 2.75) is 88.8 Å². The SMILES string of the molecule is COC(=O)CCc1ccccc1C[C@@H]1[C@H](c2nc(C(=O)NCCC3CCCCC3)co2)[C@H]2CC[C@@H]1O2. The van der Waals surface area contributed by atoms with Crippen molar-refractivity contribution in [1.82, 2.24) is 10.3 Å². The quantitative estimate of drug-likeness (QED) is 0.468. The molecular weight excluding hydrogens is 456 g/mol. The van der Waals surface area contributed by atoms with E-state index >= 15 is 0 Å². The van der Waals surface area contributed by atoms with Crippen LogP contribution in [0.4, 0.5) is 0 Å². The number of methoxy groups -OCH3 is 1. The molecule has 0 radical (unpaired) electrons. The van der Waals surface area contributed by atoms with E-state index in [1.807, 2.05) is 12.1 Å². The van der Waals surface area contributed by atoms with Crippen LogP contribution in [0.2, 0.25) is 0 Å². The Labute approximate surface area is 213 Å².